The Bertz CT molecular complexity index is 241. The molecule has 18 heavy (non-hydrogen) atoms. The van der Waals surface area contributed by atoms with Crippen LogP contribution in [0.15, 0.2) is 12.2 Å². The molecule has 0 saturated carbocycles. The molecular formula is C14H28O3Si. The first-order chi connectivity index (χ1) is 8.61. The van der Waals surface area contributed by atoms with Gasteiger partial charge in [-0.05, 0) is 25.3 Å². The van der Waals surface area contributed by atoms with Gasteiger partial charge in [0.05, 0.1) is 0 Å². The van der Waals surface area contributed by atoms with Gasteiger partial charge in [-0.25, -0.2) is 4.79 Å². The van der Waals surface area contributed by atoms with E-state index >= 15 is 0 Å². The van der Waals surface area contributed by atoms with E-state index in [0.29, 0.717) is 17.5 Å². The molecule has 0 aliphatic heterocycles. The highest BCUT2D eigenvalue weighted by atomic mass is 28.2. The third-order valence-corrected chi connectivity index (χ3v) is 5.10. The Morgan fingerprint density at radius 2 is 1.94 bits per heavy atom. The highest BCUT2D eigenvalue weighted by molar-refractivity contribution is 6.29. The number of hydrogen-bond acceptors (Lipinski definition) is 2. The highest BCUT2D eigenvalue weighted by Crippen LogP contribution is 2.23. The minimum absolute atomic E-state index is 0.334. The van der Waals surface area contributed by atoms with Crippen molar-refractivity contribution in [2.45, 2.75) is 64.3 Å². The molecule has 106 valence electrons. The van der Waals surface area contributed by atoms with E-state index < -0.39 is 15.7 Å². The summed E-state index contributed by atoms with van der Waals surface area (Å²) in [7, 11) is -0.444. The summed E-state index contributed by atoms with van der Waals surface area (Å²) in [5.74, 6) is -0.861. The first kappa shape index (κ1) is 17.4. The molecule has 0 bridgehead atoms. The molecule has 0 rings (SSSR count). The second kappa shape index (κ2) is 11.5. The second-order valence-corrected chi connectivity index (χ2v) is 6.72. The van der Waals surface area contributed by atoms with Gasteiger partial charge in [-0.15, -0.1) is 0 Å². The molecule has 0 aromatic carbocycles. The fourth-order valence-electron chi connectivity index (χ4n) is 1.99. The fourth-order valence-corrected chi connectivity index (χ4v) is 3.47. The molecule has 0 radical (unpaired) electrons. The lowest BCUT2D eigenvalue weighted by molar-refractivity contribution is -0.132. The van der Waals surface area contributed by atoms with Crippen molar-refractivity contribution in [1.29, 1.82) is 0 Å². The van der Waals surface area contributed by atoms with Gasteiger partial charge in [0.1, 0.15) is 0 Å². The lowest BCUT2D eigenvalue weighted by Crippen LogP contribution is -2.09. The Labute approximate surface area is 114 Å². The molecule has 0 amide bonds. The summed E-state index contributed by atoms with van der Waals surface area (Å²) in [6.07, 6.45) is 7.71. The Balaban J connectivity index is 3.84. The van der Waals surface area contributed by atoms with Crippen LogP contribution in [-0.2, 0) is 9.22 Å². The molecule has 0 aliphatic carbocycles. The van der Waals surface area contributed by atoms with Crippen molar-refractivity contribution in [3.8, 4) is 0 Å². The molecule has 0 aromatic rings. The predicted molar refractivity (Wildman–Crippen MR) is 78.7 cm³/mol. The molecule has 4 heteroatoms. The third kappa shape index (κ3) is 9.42. The van der Waals surface area contributed by atoms with Crippen LogP contribution in [0.5, 0.6) is 0 Å². The van der Waals surface area contributed by atoms with Crippen LogP contribution in [0.4, 0.5) is 0 Å². The molecule has 0 saturated heterocycles. The van der Waals surface area contributed by atoms with Gasteiger partial charge in [0, 0.05) is 12.2 Å². The zero-order chi connectivity index (χ0) is 13.8. The van der Waals surface area contributed by atoms with E-state index in [1.54, 1.807) is 0 Å². The molecule has 0 aromatic heterocycles. The monoisotopic (exact) mass is 272 g/mol. The number of aliphatic carboxylic acids is 1. The topological polar surface area (TPSA) is 46.5 Å². The fraction of sp³-hybridized carbons (Fsp3) is 0.786. The zero-order valence-electron chi connectivity index (χ0n) is 11.9. The van der Waals surface area contributed by atoms with Crippen molar-refractivity contribution in [2.24, 2.45) is 0 Å². The number of unbranched alkanes of at least 4 members (excludes halogenated alkanes) is 2. The van der Waals surface area contributed by atoms with Crippen LogP contribution < -0.4 is 0 Å². The van der Waals surface area contributed by atoms with E-state index in [2.05, 4.69) is 13.5 Å². The molecule has 0 spiro atoms. The average Bonchev–Trinajstić information content (AvgIpc) is 2.35. The summed E-state index contributed by atoms with van der Waals surface area (Å²) >= 11 is 0. The van der Waals surface area contributed by atoms with Crippen LogP contribution in [0.25, 0.3) is 0 Å². The predicted octanol–water partition coefficient (Wildman–Crippen LogP) is 3.29. The zero-order valence-corrected chi connectivity index (χ0v) is 13.3. The van der Waals surface area contributed by atoms with Gasteiger partial charge in [0.25, 0.3) is 0 Å². The normalized spacial score (nSPS) is 13.0. The van der Waals surface area contributed by atoms with Crippen molar-refractivity contribution in [3.05, 3.63) is 12.2 Å². The molecule has 0 fully saturated rings. The highest BCUT2D eigenvalue weighted by Gasteiger charge is 2.11. The summed E-state index contributed by atoms with van der Waals surface area (Å²) in [6.45, 7) is 8.65. The first-order valence-corrected chi connectivity index (χ1v) is 8.49. The third-order valence-electron chi connectivity index (χ3n) is 3.17. The van der Waals surface area contributed by atoms with Crippen LogP contribution in [0.3, 0.4) is 0 Å². The second-order valence-electron chi connectivity index (χ2n) is 4.82. The van der Waals surface area contributed by atoms with Crippen molar-refractivity contribution >= 4 is 15.7 Å². The summed E-state index contributed by atoms with van der Waals surface area (Å²) in [5.41, 5.74) is 1.04. The maximum Gasteiger partial charge on any atom is 0.330 e. The van der Waals surface area contributed by atoms with E-state index in [4.69, 9.17) is 9.53 Å². The lowest BCUT2D eigenvalue weighted by atomic mass is 10.0. The van der Waals surface area contributed by atoms with Gasteiger partial charge in [-0.1, -0.05) is 45.6 Å². The van der Waals surface area contributed by atoms with Crippen LogP contribution in [0.2, 0.25) is 5.54 Å². The molecule has 3 nitrogen and oxygen atoms in total. The summed E-state index contributed by atoms with van der Waals surface area (Å²) < 4.78 is 5.63. The van der Waals surface area contributed by atoms with Gasteiger partial charge in [-0.2, -0.15) is 0 Å². The largest absolute Gasteiger partial charge is 0.478 e. The molecule has 0 heterocycles. The van der Waals surface area contributed by atoms with Crippen LogP contribution >= 0.6 is 0 Å². The number of carbonyl (C=O) groups is 1. The van der Waals surface area contributed by atoms with Crippen LogP contribution in [-0.4, -0.2) is 27.4 Å². The van der Waals surface area contributed by atoms with E-state index in [9.17, 15) is 4.79 Å². The van der Waals surface area contributed by atoms with Crippen molar-refractivity contribution in [2.75, 3.05) is 6.61 Å². The van der Waals surface area contributed by atoms with Crippen LogP contribution in [0.1, 0.15) is 58.8 Å². The van der Waals surface area contributed by atoms with Gasteiger partial charge < -0.3 is 9.53 Å². The van der Waals surface area contributed by atoms with Crippen molar-refractivity contribution < 1.29 is 14.3 Å². The first-order valence-electron chi connectivity index (χ1n) is 7.10. The maximum atomic E-state index is 10.6. The minimum atomic E-state index is -0.861. The summed E-state index contributed by atoms with van der Waals surface area (Å²) in [4.78, 5) is 10.6. The summed E-state index contributed by atoms with van der Waals surface area (Å²) in [6, 6.07) is 0. The lowest BCUT2D eigenvalue weighted by Gasteiger charge is -2.15. The van der Waals surface area contributed by atoms with Crippen LogP contribution in [0, 0.1) is 0 Å². The Hall–Kier alpha value is -0.613. The Kier molecular flexibility index (Phi) is 11.1. The average molecular weight is 272 g/mol. The van der Waals surface area contributed by atoms with Crippen molar-refractivity contribution in [3.63, 3.8) is 0 Å². The molecule has 1 unspecified atom stereocenters. The Morgan fingerprint density at radius 1 is 1.28 bits per heavy atom. The number of carboxylic acids is 1. The molecule has 1 N–H and O–H groups in total. The number of hydrogen-bond donors (Lipinski definition) is 1. The quantitative estimate of drug-likeness (QED) is 0.337. The maximum absolute atomic E-state index is 10.6. The standard InChI is InChI=1S/C14H28O3Si/c1-4-6-7-10-13(18-17-5-2)11-8-9-12(3)14(15)16/h13H,3-11,18H2,1-2H3,(H,15,16). The van der Waals surface area contributed by atoms with Crippen molar-refractivity contribution in [1.82, 2.24) is 0 Å². The van der Waals surface area contributed by atoms with Gasteiger partial charge in [0.2, 0.25) is 0 Å². The van der Waals surface area contributed by atoms with Gasteiger partial charge in [-0.3, -0.25) is 0 Å². The SMILES string of the molecule is C=C(CCCC(CCCCC)[SiH2]OCC)C(=O)O. The van der Waals surface area contributed by atoms with E-state index in [0.717, 1.165) is 19.4 Å². The van der Waals surface area contributed by atoms with Gasteiger partial charge >= 0.3 is 5.97 Å². The minimum Gasteiger partial charge on any atom is -0.478 e. The number of rotatable bonds is 12. The number of carboxylic acid groups (broad SMARTS) is 1. The smallest absolute Gasteiger partial charge is 0.330 e. The molecule has 1 atom stereocenters. The molecular weight excluding hydrogens is 244 g/mol. The molecule has 0 aliphatic rings. The van der Waals surface area contributed by atoms with Gasteiger partial charge in [0.15, 0.2) is 9.76 Å². The summed E-state index contributed by atoms with van der Waals surface area (Å²) in [5, 5.41) is 8.75. The van der Waals surface area contributed by atoms with E-state index in [-0.39, 0.29) is 0 Å². The Morgan fingerprint density at radius 3 is 2.50 bits per heavy atom. The van der Waals surface area contributed by atoms with E-state index in [1.807, 2.05) is 6.92 Å². The van der Waals surface area contributed by atoms with E-state index in [1.165, 1.54) is 25.7 Å².